The summed E-state index contributed by atoms with van der Waals surface area (Å²) in [4.78, 5) is 48.0. The number of rotatable bonds is 43. The lowest BCUT2D eigenvalue weighted by molar-refractivity contribution is -0.185. The number of esters is 2. The quantitative estimate of drug-likeness (QED) is 0.00960. The minimum Gasteiger partial charge on any atom is -0.462 e. The van der Waals surface area contributed by atoms with Gasteiger partial charge in [-0.3, -0.25) is 18.6 Å². The van der Waals surface area contributed by atoms with Crippen LogP contribution in [-0.4, -0.2) is 111 Å². The minimum atomic E-state index is -4.43. The summed E-state index contributed by atoms with van der Waals surface area (Å²) in [6.45, 7) is 11.5. The van der Waals surface area contributed by atoms with Crippen molar-refractivity contribution in [3.63, 3.8) is 0 Å². The normalized spacial score (nSPS) is 19.8. The van der Waals surface area contributed by atoms with Crippen LogP contribution in [0.1, 0.15) is 202 Å². The Kier molecular flexibility index (Phi) is 36.6. The molecule has 15 nitrogen and oxygen atoms in total. The molecule has 68 heavy (non-hydrogen) atoms. The third kappa shape index (κ3) is 30.8. The summed E-state index contributed by atoms with van der Waals surface area (Å²) in [5, 5.41) is 17.8. The summed E-state index contributed by atoms with van der Waals surface area (Å²) >= 11 is 6.35. The van der Waals surface area contributed by atoms with Crippen LogP contribution in [0.3, 0.4) is 0 Å². The van der Waals surface area contributed by atoms with Gasteiger partial charge in [-0.25, -0.2) is 9.36 Å². The molecule has 0 bridgehead atoms. The van der Waals surface area contributed by atoms with E-state index < -0.39 is 56.4 Å². The van der Waals surface area contributed by atoms with Gasteiger partial charge in [0.2, 0.25) is 0 Å². The highest BCUT2D eigenvalue weighted by Crippen LogP contribution is 2.49. The van der Waals surface area contributed by atoms with Crippen LogP contribution in [0.2, 0.25) is 0 Å². The minimum absolute atomic E-state index is 0.0249. The molecule has 1 saturated carbocycles. The van der Waals surface area contributed by atoms with Crippen LogP contribution >= 0.6 is 19.4 Å². The molecule has 0 spiro atoms. The standard InChI is InChI=1S/C51H97ClN3O12P/c1-7-8-9-10-11-12-13-14-15-16-17-18-21-24-29-45(56)63-39-43(40-65-68(60,61)64-38-34-53)66-46(57)30-25-22-19-20-23-26-35-54-36-37-55-49(58)67-44-31-33-51(59,41-52)48(47(44)62-6)50(4,5)32-27-28-42(2)3/h28,43-44,47-48,54,59H,7-27,29-41,53H2,1-6H3,(H,55,58)(H,60,61)/t43?,44-,47-,48-,51+/m1/s1. The van der Waals surface area contributed by atoms with Gasteiger partial charge in [-0.1, -0.05) is 142 Å². The van der Waals surface area contributed by atoms with Gasteiger partial charge in [-0.15, -0.1) is 11.6 Å². The average molecular weight is 1010 g/mol. The molecule has 0 heterocycles. The SMILES string of the molecule is CCCCCCCCCCCCCCCCC(=O)OCC(COP(=O)(O)OCCN)OC(=O)CCCCCCCCNCCNC(=O)O[C@@H]1CC[C@](O)(CCl)[C@@H](C(C)(C)CCC=C(C)C)[C@@H]1OC. The summed E-state index contributed by atoms with van der Waals surface area (Å²) in [5.74, 6) is -1.16. The van der Waals surface area contributed by atoms with Crippen molar-refractivity contribution in [2.75, 3.05) is 59.0 Å². The maximum atomic E-state index is 12.8. The van der Waals surface area contributed by atoms with Crippen molar-refractivity contribution < 1.29 is 56.9 Å². The average Bonchev–Trinajstić information content (AvgIpc) is 3.29. The molecule has 1 aliphatic carbocycles. The van der Waals surface area contributed by atoms with Crippen molar-refractivity contribution in [2.45, 2.75) is 225 Å². The largest absolute Gasteiger partial charge is 0.472 e. The fourth-order valence-corrected chi connectivity index (χ4v) is 10.2. The molecule has 1 amide bonds. The van der Waals surface area contributed by atoms with Crippen LogP contribution in [0.5, 0.6) is 0 Å². The molecule has 0 aliphatic heterocycles. The van der Waals surface area contributed by atoms with Gasteiger partial charge in [0.25, 0.3) is 0 Å². The Morgan fingerprint density at radius 2 is 1.38 bits per heavy atom. The van der Waals surface area contributed by atoms with Gasteiger partial charge >= 0.3 is 25.9 Å². The number of ether oxygens (including phenoxy) is 4. The van der Waals surface area contributed by atoms with Crippen LogP contribution in [0.25, 0.3) is 0 Å². The van der Waals surface area contributed by atoms with E-state index in [0.29, 0.717) is 38.8 Å². The maximum absolute atomic E-state index is 12.8. The highest BCUT2D eigenvalue weighted by Gasteiger charge is 2.55. The van der Waals surface area contributed by atoms with Gasteiger partial charge in [-0.2, -0.15) is 0 Å². The predicted octanol–water partition coefficient (Wildman–Crippen LogP) is 11.0. The van der Waals surface area contributed by atoms with E-state index in [4.69, 9.17) is 45.3 Å². The molecular formula is C51H97ClN3O12P. The Morgan fingerprint density at radius 3 is 1.93 bits per heavy atom. The van der Waals surface area contributed by atoms with Crippen molar-refractivity contribution in [1.82, 2.24) is 10.6 Å². The fraction of sp³-hybridized carbons (Fsp3) is 0.902. The number of alkyl carbamates (subject to hydrolysis) is 1. The molecule has 0 saturated heterocycles. The lowest BCUT2D eigenvalue weighted by atomic mass is 9.60. The number of halogens is 1. The lowest BCUT2D eigenvalue weighted by Gasteiger charge is -2.52. The molecule has 0 radical (unpaired) electrons. The molecular weight excluding hydrogens is 913 g/mol. The first-order valence-electron chi connectivity index (χ1n) is 26.3. The zero-order valence-corrected chi connectivity index (χ0v) is 45.0. The number of phosphoric acid groups is 1. The van der Waals surface area contributed by atoms with Crippen LogP contribution in [-0.2, 0) is 42.1 Å². The summed E-state index contributed by atoms with van der Waals surface area (Å²) in [7, 11) is -2.83. The molecule has 400 valence electrons. The van der Waals surface area contributed by atoms with Gasteiger partial charge < -0.3 is 45.3 Å². The van der Waals surface area contributed by atoms with Gasteiger partial charge in [0.1, 0.15) is 18.8 Å². The Morgan fingerprint density at radius 1 is 0.824 bits per heavy atom. The molecule has 17 heteroatoms. The zero-order chi connectivity index (χ0) is 50.5. The first kappa shape index (κ1) is 64.2. The summed E-state index contributed by atoms with van der Waals surface area (Å²) in [6.07, 6.45) is 24.9. The topological polar surface area (TPSA) is 214 Å². The second-order valence-corrected chi connectivity index (χ2v) is 21.5. The number of carbonyl (C=O) groups is 3. The molecule has 1 fully saturated rings. The third-order valence-corrected chi connectivity index (χ3v) is 14.3. The van der Waals surface area contributed by atoms with E-state index in [1.807, 2.05) is 0 Å². The van der Waals surface area contributed by atoms with E-state index in [9.17, 15) is 28.9 Å². The highest BCUT2D eigenvalue weighted by atomic mass is 35.5. The number of aliphatic hydroxyl groups is 1. The number of nitrogens with two attached hydrogens (primary N) is 1. The summed E-state index contributed by atoms with van der Waals surface area (Å²) < 4.78 is 44.7. The van der Waals surface area contributed by atoms with Crippen molar-refractivity contribution in [2.24, 2.45) is 17.1 Å². The monoisotopic (exact) mass is 1010 g/mol. The molecule has 2 unspecified atom stereocenters. The molecule has 0 aromatic carbocycles. The second-order valence-electron chi connectivity index (χ2n) is 19.8. The predicted molar refractivity (Wildman–Crippen MR) is 272 cm³/mol. The molecule has 0 aromatic heterocycles. The van der Waals surface area contributed by atoms with Gasteiger partial charge in [-0.05, 0) is 70.8 Å². The smallest absolute Gasteiger partial charge is 0.462 e. The second kappa shape index (κ2) is 38.8. The number of allylic oxidation sites excluding steroid dienone is 2. The van der Waals surface area contributed by atoms with Gasteiger partial charge in [0.05, 0.1) is 24.7 Å². The number of nitrogens with one attached hydrogen (secondary N) is 2. The number of hydrogen-bond acceptors (Lipinski definition) is 13. The van der Waals surface area contributed by atoms with Crippen molar-refractivity contribution in [3.8, 4) is 0 Å². The van der Waals surface area contributed by atoms with Crippen LogP contribution in [0.4, 0.5) is 4.79 Å². The number of phosphoric ester groups is 1. The number of hydrogen-bond donors (Lipinski definition) is 5. The number of alkyl halides is 1. The molecule has 6 atom stereocenters. The first-order chi connectivity index (χ1) is 32.5. The number of unbranched alkanes of at least 4 members (excludes halogenated alkanes) is 18. The molecule has 1 aliphatic rings. The van der Waals surface area contributed by atoms with E-state index in [-0.39, 0.29) is 49.8 Å². The maximum Gasteiger partial charge on any atom is 0.472 e. The molecule has 1 rings (SSSR count). The first-order valence-corrected chi connectivity index (χ1v) is 28.3. The summed E-state index contributed by atoms with van der Waals surface area (Å²) in [6, 6.07) is 0. The fourth-order valence-electron chi connectivity index (χ4n) is 9.11. The van der Waals surface area contributed by atoms with Gasteiger partial charge in [0.15, 0.2) is 6.10 Å². The summed E-state index contributed by atoms with van der Waals surface area (Å²) in [5.41, 5.74) is 5.16. The van der Waals surface area contributed by atoms with E-state index in [2.05, 4.69) is 51.3 Å². The van der Waals surface area contributed by atoms with E-state index >= 15 is 0 Å². The Bertz CT molecular complexity index is 1410. The Balaban J connectivity index is 2.31. The number of methoxy groups -OCH3 is 1. The Labute approximate surface area is 416 Å². The highest BCUT2D eigenvalue weighted by molar-refractivity contribution is 7.47. The Hall–Kier alpha value is -1.81. The molecule has 0 aromatic rings. The van der Waals surface area contributed by atoms with E-state index in [0.717, 1.165) is 70.8 Å². The van der Waals surface area contributed by atoms with E-state index in [1.165, 1.54) is 69.8 Å². The molecule has 6 N–H and O–H groups in total. The van der Waals surface area contributed by atoms with Gasteiger partial charge in [0, 0.05) is 45.5 Å². The van der Waals surface area contributed by atoms with Crippen LogP contribution < -0.4 is 16.4 Å². The lowest BCUT2D eigenvalue weighted by Crippen LogP contribution is -2.61. The van der Waals surface area contributed by atoms with E-state index in [1.54, 1.807) is 7.11 Å². The van der Waals surface area contributed by atoms with Crippen molar-refractivity contribution in [1.29, 1.82) is 0 Å². The van der Waals surface area contributed by atoms with Crippen molar-refractivity contribution in [3.05, 3.63) is 11.6 Å². The third-order valence-electron chi connectivity index (χ3n) is 12.9. The van der Waals surface area contributed by atoms with Crippen LogP contribution in [0.15, 0.2) is 11.6 Å². The number of carbonyl (C=O) groups excluding carboxylic acids is 3. The zero-order valence-electron chi connectivity index (χ0n) is 43.3. The van der Waals surface area contributed by atoms with Crippen LogP contribution in [0, 0.1) is 11.3 Å². The number of amides is 1. The van der Waals surface area contributed by atoms with Crippen molar-refractivity contribution >= 4 is 37.5 Å².